The Morgan fingerprint density at radius 2 is 1.90 bits per heavy atom. The highest BCUT2D eigenvalue weighted by Gasteiger charge is 2.28. The first-order valence-corrected chi connectivity index (χ1v) is 8.76. The smallest absolute Gasteiger partial charge is 0.206 e. The van der Waals surface area contributed by atoms with Crippen LogP contribution in [-0.2, 0) is 0 Å². The number of aryl methyl sites for hydroxylation is 1. The molecule has 3 rings (SSSR count). The molecule has 1 saturated heterocycles. The minimum Gasteiger partial charge on any atom is -0.338 e. The van der Waals surface area contributed by atoms with Crippen molar-refractivity contribution in [2.75, 3.05) is 25.0 Å². The van der Waals surface area contributed by atoms with E-state index >= 15 is 0 Å². The predicted octanol–water partition coefficient (Wildman–Crippen LogP) is 3.28. The second kappa shape index (κ2) is 6.82. The Hall–Kier alpha value is -1.03. The van der Waals surface area contributed by atoms with E-state index in [1.807, 2.05) is 0 Å². The SMILES string of the molecule is CNCC1CCCCN1c1nc(C)cn1C1CCCCC1. The molecular formula is C17H30N4. The van der Waals surface area contributed by atoms with Gasteiger partial charge >= 0.3 is 0 Å². The van der Waals surface area contributed by atoms with Gasteiger partial charge in [-0.1, -0.05) is 19.3 Å². The molecule has 0 bridgehead atoms. The fourth-order valence-corrected chi connectivity index (χ4v) is 4.06. The molecule has 0 spiro atoms. The Bertz CT molecular complexity index is 446. The Morgan fingerprint density at radius 3 is 2.67 bits per heavy atom. The summed E-state index contributed by atoms with van der Waals surface area (Å²) in [5.41, 5.74) is 1.17. The lowest BCUT2D eigenvalue weighted by Gasteiger charge is -2.38. The van der Waals surface area contributed by atoms with Crippen molar-refractivity contribution in [2.45, 2.75) is 70.4 Å². The third-order valence-electron chi connectivity index (χ3n) is 5.13. The highest BCUT2D eigenvalue weighted by atomic mass is 15.3. The van der Waals surface area contributed by atoms with E-state index < -0.39 is 0 Å². The summed E-state index contributed by atoms with van der Waals surface area (Å²) in [5.74, 6) is 1.24. The second-order valence-electron chi connectivity index (χ2n) is 6.78. The summed E-state index contributed by atoms with van der Waals surface area (Å²) in [6.07, 6.45) is 13.0. The number of nitrogens with one attached hydrogen (secondary N) is 1. The number of imidazole rings is 1. The van der Waals surface area contributed by atoms with Gasteiger partial charge in [0.1, 0.15) is 0 Å². The Morgan fingerprint density at radius 1 is 1.14 bits per heavy atom. The highest BCUT2D eigenvalue weighted by Crippen LogP contribution is 2.33. The van der Waals surface area contributed by atoms with Crippen LogP contribution >= 0.6 is 0 Å². The maximum atomic E-state index is 4.90. The van der Waals surface area contributed by atoms with Crippen LogP contribution in [0.3, 0.4) is 0 Å². The van der Waals surface area contributed by atoms with E-state index in [0.717, 1.165) is 13.1 Å². The number of piperidine rings is 1. The summed E-state index contributed by atoms with van der Waals surface area (Å²) >= 11 is 0. The van der Waals surface area contributed by atoms with Crippen molar-refractivity contribution in [1.29, 1.82) is 0 Å². The predicted molar refractivity (Wildman–Crippen MR) is 88.0 cm³/mol. The van der Waals surface area contributed by atoms with Crippen LogP contribution in [0.4, 0.5) is 5.95 Å². The van der Waals surface area contributed by atoms with Crippen molar-refractivity contribution >= 4 is 5.95 Å². The van der Waals surface area contributed by atoms with Gasteiger partial charge in [0.2, 0.25) is 5.95 Å². The van der Waals surface area contributed by atoms with E-state index in [9.17, 15) is 0 Å². The van der Waals surface area contributed by atoms with Crippen LogP contribution in [-0.4, -0.2) is 35.7 Å². The molecule has 2 aliphatic rings. The first-order valence-electron chi connectivity index (χ1n) is 8.76. The summed E-state index contributed by atoms with van der Waals surface area (Å²) in [4.78, 5) is 7.47. The molecule has 0 radical (unpaired) electrons. The van der Waals surface area contributed by atoms with Crippen molar-refractivity contribution in [3.63, 3.8) is 0 Å². The van der Waals surface area contributed by atoms with Crippen LogP contribution in [0.2, 0.25) is 0 Å². The van der Waals surface area contributed by atoms with E-state index in [2.05, 4.69) is 35.0 Å². The van der Waals surface area contributed by atoms with E-state index in [0.29, 0.717) is 12.1 Å². The maximum Gasteiger partial charge on any atom is 0.206 e. The van der Waals surface area contributed by atoms with Crippen LogP contribution < -0.4 is 10.2 Å². The molecular weight excluding hydrogens is 260 g/mol. The molecule has 0 amide bonds. The minimum atomic E-state index is 0.605. The van der Waals surface area contributed by atoms with E-state index in [4.69, 9.17) is 4.98 Å². The minimum absolute atomic E-state index is 0.605. The van der Waals surface area contributed by atoms with Gasteiger partial charge in [-0.15, -0.1) is 0 Å². The molecule has 0 aromatic carbocycles. The van der Waals surface area contributed by atoms with Crippen molar-refractivity contribution in [3.8, 4) is 0 Å². The number of aromatic nitrogens is 2. The molecule has 2 fully saturated rings. The standard InChI is InChI=1S/C17H30N4/c1-14-13-21(15-8-4-3-5-9-15)17(19-14)20-11-7-6-10-16(20)12-18-2/h13,15-16,18H,3-12H2,1-2H3. The van der Waals surface area contributed by atoms with Gasteiger partial charge in [0.15, 0.2) is 0 Å². The molecule has 1 aliphatic carbocycles. The fourth-order valence-electron chi connectivity index (χ4n) is 4.06. The normalized spacial score (nSPS) is 24.5. The zero-order valence-electron chi connectivity index (χ0n) is 13.6. The Balaban J connectivity index is 1.85. The first kappa shape index (κ1) is 14.9. The third kappa shape index (κ3) is 3.25. The number of nitrogens with zero attached hydrogens (tertiary/aromatic N) is 3. The van der Waals surface area contributed by atoms with Crippen molar-refractivity contribution < 1.29 is 0 Å². The molecule has 118 valence electrons. The molecule has 1 unspecified atom stereocenters. The van der Waals surface area contributed by atoms with Crippen molar-refractivity contribution in [3.05, 3.63) is 11.9 Å². The van der Waals surface area contributed by atoms with Gasteiger partial charge in [0.05, 0.1) is 5.69 Å². The van der Waals surface area contributed by atoms with Crippen LogP contribution in [0.5, 0.6) is 0 Å². The van der Waals surface area contributed by atoms with Crippen molar-refractivity contribution in [2.24, 2.45) is 0 Å². The highest BCUT2D eigenvalue weighted by molar-refractivity contribution is 5.37. The van der Waals surface area contributed by atoms with E-state index in [1.54, 1.807) is 0 Å². The van der Waals surface area contributed by atoms with Gasteiger partial charge in [-0.2, -0.15) is 0 Å². The molecule has 1 N–H and O–H groups in total. The fraction of sp³-hybridized carbons (Fsp3) is 0.824. The monoisotopic (exact) mass is 290 g/mol. The first-order chi connectivity index (χ1) is 10.3. The van der Waals surface area contributed by atoms with E-state index in [-0.39, 0.29) is 0 Å². The van der Waals surface area contributed by atoms with Gasteiger partial charge in [-0.3, -0.25) is 0 Å². The van der Waals surface area contributed by atoms with Crippen LogP contribution in [0.15, 0.2) is 6.20 Å². The number of likely N-dealkylation sites (N-methyl/N-ethyl adjacent to an activating group) is 1. The number of rotatable bonds is 4. The van der Waals surface area contributed by atoms with Gasteiger partial charge in [-0.05, 0) is 46.1 Å². The van der Waals surface area contributed by atoms with Crippen LogP contribution in [0.1, 0.15) is 63.1 Å². The lowest BCUT2D eigenvalue weighted by molar-refractivity contribution is 0.346. The van der Waals surface area contributed by atoms with Gasteiger partial charge in [-0.25, -0.2) is 4.98 Å². The average molecular weight is 290 g/mol. The molecule has 1 aliphatic heterocycles. The Kier molecular flexibility index (Phi) is 4.84. The second-order valence-corrected chi connectivity index (χ2v) is 6.78. The largest absolute Gasteiger partial charge is 0.338 e. The number of hydrogen-bond donors (Lipinski definition) is 1. The molecule has 4 nitrogen and oxygen atoms in total. The molecule has 21 heavy (non-hydrogen) atoms. The molecule has 4 heteroatoms. The van der Waals surface area contributed by atoms with Gasteiger partial charge < -0.3 is 14.8 Å². The number of hydrogen-bond acceptors (Lipinski definition) is 3. The van der Waals surface area contributed by atoms with Gasteiger partial charge in [0, 0.05) is 31.4 Å². The molecule has 1 saturated carbocycles. The zero-order valence-corrected chi connectivity index (χ0v) is 13.6. The van der Waals surface area contributed by atoms with Crippen molar-refractivity contribution in [1.82, 2.24) is 14.9 Å². The zero-order chi connectivity index (χ0) is 14.7. The lowest BCUT2D eigenvalue weighted by Crippen LogP contribution is -2.46. The quantitative estimate of drug-likeness (QED) is 0.924. The third-order valence-corrected chi connectivity index (χ3v) is 5.13. The Labute approximate surface area is 128 Å². The lowest BCUT2D eigenvalue weighted by atomic mass is 9.95. The molecule has 1 aromatic heterocycles. The van der Waals surface area contributed by atoms with Crippen LogP contribution in [0, 0.1) is 6.92 Å². The van der Waals surface area contributed by atoms with Crippen LogP contribution in [0.25, 0.3) is 0 Å². The summed E-state index contributed by atoms with van der Waals surface area (Å²) < 4.78 is 2.50. The maximum absolute atomic E-state index is 4.90. The van der Waals surface area contributed by atoms with E-state index in [1.165, 1.54) is 63.0 Å². The average Bonchev–Trinajstić information content (AvgIpc) is 2.91. The number of anilines is 1. The summed E-state index contributed by atoms with van der Waals surface area (Å²) in [7, 11) is 2.06. The summed E-state index contributed by atoms with van der Waals surface area (Å²) in [6, 6.07) is 1.28. The topological polar surface area (TPSA) is 33.1 Å². The summed E-state index contributed by atoms with van der Waals surface area (Å²) in [6.45, 7) is 4.37. The summed E-state index contributed by atoms with van der Waals surface area (Å²) in [5, 5.41) is 3.36. The molecule has 1 aromatic rings. The molecule has 1 atom stereocenters. The van der Waals surface area contributed by atoms with Gasteiger partial charge in [0.25, 0.3) is 0 Å². The molecule has 2 heterocycles.